The van der Waals surface area contributed by atoms with Crippen molar-refractivity contribution in [2.24, 2.45) is 0 Å². The van der Waals surface area contributed by atoms with E-state index in [0.29, 0.717) is 6.42 Å². The molecular weight excluding hydrogens is 251 g/mol. The normalized spacial score (nSPS) is 11.2. The minimum absolute atomic E-state index is 0.0289. The summed E-state index contributed by atoms with van der Waals surface area (Å²) in [6.45, 7) is 2.24. The van der Waals surface area contributed by atoms with Gasteiger partial charge in [-0.05, 0) is 13.3 Å². The molecule has 0 heterocycles. The zero-order valence-corrected chi connectivity index (χ0v) is 10.5. The summed E-state index contributed by atoms with van der Waals surface area (Å²) >= 11 is 0. The van der Waals surface area contributed by atoms with Gasteiger partial charge in [-0.3, -0.25) is 9.59 Å². The predicted molar refractivity (Wildman–Crippen MR) is 58.8 cm³/mol. The number of esters is 1. The lowest BCUT2D eigenvalue weighted by Crippen LogP contribution is -2.39. The second-order valence-electron chi connectivity index (χ2n) is 3.74. The van der Waals surface area contributed by atoms with Gasteiger partial charge in [-0.1, -0.05) is 6.92 Å². The van der Waals surface area contributed by atoms with Gasteiger partial charge in [-0.2, -0.15) is 13.2 Å². The molecule has 0 fully saturated rings. The van der Waals surface area contributed by atoms with E-state index in [1.54, 1.807) is 13.8 Å². The molecule has 7 heteroatoms. The third-order valence-electron chi connectivity index (χ3n) is 2.06. The summed E-state index contributed by atoms with van der Waals surface area (Å²) in [6.07, 6.45) is -4.43. The van der Waals surface area contributed by atoms with E-state index in [2.05, 4.69) is 4.74 Å². The van der Waals surface area contributed by atoms with Gasteiger partial charge in [0.05, 0.1) is 13.0 Å². The van der Waals surface area contributed by atoms with E-state index >= 15 is 0 Å². The Kier molecular flexibility index (Phi) is 7.38. The maximum Gasteiger partial charge on any atom is 0.406 e. The highest BCUT2D eigenvalue weighted by molar-refractivity contribution is 5.81. The fourth-order valence-corrected chi connectivity index (χ4v) is 1.38. The Balaban J connectivity index is 4.26. The van der Waals surface area contributed by atoms with Crippen LogP contribution in [0.1, 0.15) is 33.1 Å². The summed E-state index contributed by atoms with van der Waals surface area (Å²) in [6, 6.07) is 0. The van der Waals surface area contributed by atoms with Crippen molar-refractivity contribution in [1.82, 2.24) is 4.90 Å². The van der Waals surface area contributed by atoms with Gasteiger partial charge in [0, 0.05) is 13.0 Å². The number of nitrogens with zero attached hydrogens (tertiary/aromatic N) is 1. The van der Waals surface area contributed by atoms with E-state index in [0.717, 1.165) is 4.90 Å². The lowest BCUT2D eigenvalue weighted by Gasteiger charge is -2.23. The molecule has 0 saturated carbocycles. The summed E-state index contributed by atoms with van der Waals surface area (Å²) in [5.74, 6) is -1.25. The summed E-state index contributed by atoms with van der Waals surface area (Å²) in [7, 11) is 0. The van der Waals surface area contributed by atoms with Gasteiger partial charge in [0.1, 0.15) is 6.54 Å². The van der Waals surface area contributed by atoms with E-state index in [1.165, 1.54) is 0 Å². The quantitative estimate of drug-likeness (QED) is 0.665. The van der Waals surface area contributed by atoms with Crippen LogP contribution >= 0.6 is 0 Å². The van der Waals surface area contributed by atoms with E-state index in [-0.39, 0.29) is 26.0 Å². The van der Waals surface area contributed by atoms with Crippen molar-refractivity contribution in [3.05, 3.63) is 0 Å². The molecule has 0 saturated heterocycles. The molecule has 0 rings (SSSR count). The Morgan fingerprint density at radius 3 is 2.22 bits per heavy atom. The number of alkyl halides is 3. The minimum atomic E-state index is -4.42. The first-order valence-electron chi connectivity index (χ1n) is 5.80. The summed E-state index contributed by atoms with van der Waals surface area (Å²) in [4.78, 5) is 23.3. The van der Waals surface area contributed by atoms with Crippen LogP contribution in [0.2, 0.25) is 0 Å². The van der Waals surface area contributed by atoms with Crippen molar-refractivity contribution in [1.29, 1.82) is 0 Å². The molecule has 0 aliphatic carbocycles. The maximum absolute atomic E-state index is 12.2. The molecule has 0 aromatic heterocycles. The molecule has 0 unspecified atom stereocenters. The average molecular weight is 269 g/mol. The lowest BCUT2D eigenvalue weighted by atomic mass is 10.2. The molecule has 0 aromatic rings. The van der Waals surface area contributed by atoms with Gasteiger partial charge < -0.3 is 9.64 Å². The molecule has 0 radical (unpaired) electrons. The van der Waals surface area contributed by atoms with Crippen LogP contribution in [0.3, 0.4) is 0 Å². The van der Waals surface area contributed by atoms with Gasteiger partial charge >= 0.3 is 12.1 Å². The SMILES string of the molecule is CCCN(CC(F)(F)F)C(=O)CCC(=O)OCC. The first-order valence-corrected chi connectivity index (χ1v) is 5.80. The molecule has 0 atom stereocenters. The standard InChI is InChI=1S/C11H18F3NO3/c1-3-7-15(8-11(12,13)14)9(16)5-6-10(17)18-4-2/h3-8H2,1-2H3. The molecule has 0 bridgehead atoms. The first kappa shape index (κ1) is 16.7. The molecule has 1 amide bonds. The summed E-state index contributed by atoms with van der Waals surface area (Å²) in [5.41, 5.74) is 0. The second-order valence-corrected chi connectivity index (χ2v) is 3.74. The number of carbonyl (C=O) groups is 2. The van der Waals surface area contributed by atoms with Crippen molar-refractivity contribution in [2.75, 3.05) is 19.7 Å². The van der Waals surface area contributed by atoms with Crippen LogP contribution < -0.4 is 0 Å². The highest BCUT2D eigenvalue weighted by Crippen LogP contribution is 2.17. The third kappa shape index (κ3) is 7.92. The Labute approximate surface area is 104 Å². The zero-order valence-electron chi connectivity index (χ0n) is 10.5. The smallest absolute Gasteiger partial charge is 0.406 e. The van der Waals surface area contributed by atoms with Gasteiger partial charge in [-0.15, -0.1) is 0 Å². The topological polar surface area (TPSA) is 46.6 Å². The molecule has 18 heavy (non-hydrogen) atoms. The highest BCUT2D eigenvalue weighted by atomic mass is 19.4. The van der Waals surface area contributed by atoms with Crippen LogP contribution in [0.5, 0.6) is 0 Å². The fraction of sp³-hybridized carbons (Fsp3) is 0.818. The number of hydrogen-bond acceptors (Lipinski definition) is 3. The van der Waals surface area contributed by atoms with E-state index in [1.807, 2.05) is 0 Å². The van der Waals surface area contributed by atoms with Crippen LogP contribution in [0, 0.1) is 0 Å². The number of rotatable bonds is 7. The Morgan fingerprint density at radius 2 is 1.78 bits per heavy atom. The summed E-state index contributed by atoms with van der Waals surface area (Å²) in [5, 5.41) is 0. The second kappa shape index (κ2) is 7.94. The summed E-state index contributed by atoms with van der Waals surface area (Å²) < 4.78 is 41.3. The number of halogens is 3. The molecule has 0 N–H and O–H groups in total. The van der Waals surface area contributed by atoms with Crippen molar-refractivity contribution in [3.63, 3.8) is 0 Å². The van der Waals surface area contributed by atoms with E-state index in [4.69, 9.17) is 0 Å². The van der Waals surface area contributed by atoms with Crippen molar-refractivity contribution >= 4 is 11.9 Å². The lowest BCUT2D eigenvalue weighted by molar-refractivity contribution is -0.162. The van der Waals surface area contributed by atoms with Gasteiger partial charge in [0.15, 0.2) is 0 Å². The van der Waals surface area contributed by atoms with Gasteiger partial charge in [0.2, 0.25) is 5.91 Å². The third-order valence-corrected chi connectivity index (χ3v) is 2.06. The molecule has 106 valence electrons. The van der Waals surface area contributed by atoms with E-state index < -0.39 is 24.6 Å². The molecule has 4 nitrogen and oxygen atoms in total. The minimum Gasteiger partial charge on any atom is -0.466 e. The molecule has 0 aromatic carbocycles. The monoisotopic (exact) mass is 269 g/mol. The van der Waals surface area contributed by atoms with Crippen LogP contribution in [-0.4, -0.2) is 42.6 Å². The average Bonchev–Trinajstić information content (AvgIpc) is 2.24. The Bertz CT molecular complexity index is 279. The number of amides is 1. The predicted octanol–water partition coefficient (Wildman–Crippen LogP) is 2.13. The van der Waals surface area contributed by atoms with Gasteiger partial charge in [-0.25, -0.2) is 0 Å². The molecular formula is C11H18F3NO3. The highest BCUT2D eigenvalue weighted by Gasteiger charge is 2.32. The van der Waals surface area contributed by atoms with Crippen molar-refractivity contribution in [3.8, 4) is 0 Å². The number of ether oxygens (including phenoxy) is 1. The fourth-order valence-electron chi connectivity index (χ4n) is 1.38. The Morgan fingerprint density at radius 1 is 1.17 bits per heavy atom. The molecule has 0 aliphatic heterocycles. The maximum atomic E-state index is 12.2. The van der Waals surface area contributed by atoms with Crippen molar-refractivity contribution < 1.29 is 27.5 Å². The molecule has 0 spiro atoms. The van der Waals surface area contributed by atoms with Crippen LogP contribution in [0.25, 0.3) is 0 Å². The van der Waals surface area contributed by atoms with Crippen LogP contribution in [-0.2, 0) is 14.3 Å². The molecule has 0 aliphatic rings. The largest absolute Gasteiger partial charge is 0.466 e. The van der Waals surface area contributed by atoms with Gasteiger partial charge in [0.25, 0.3) is 0 Å². The van der Waals surface area contributed by atoms with Crippen LogP contribution in [0.15, 0.2) is 0 Å². The van der Waals surface area contributed by atoms with Crippen LogP contribution in [0.4, 0.5) is 13.2 Å². The first-order chi connectivity index (χ1) is 8.30. The number of hydrogen-bond donors (Lipinski definition) is 0. The Hall–Kier alpha value is -1.27. The van der Waals surface area contributed by atoms with Crippen molar-refractivity contribution in [2.45, 2.75) is 39.3 Å². The zero-order chi connectivity index (χ0) is 14.2. The van der Waals surface area contributed by atoms with E-state index in [9.17, 15) is 22.8 Å². The number of carbonyl (C=O) groups excluding carboxylic acids is 2.